The van der Waals surface area contributed by atoms with E-state index in [9.17, 15) is 5.11 Å². The number of nitrogens with zero attached hydrogens (tertiary/aromatic N) is 3. The molecule has 0 bridgehead atoms. The minimum Gasteiger partial charge on any atom is -0.393 e. The third kappa shape index (κ3) is 1.98. The molecule has 2 aromatic rings. The highest BCUT2D eigenvalue weighted by Gasteiger charge is 2.21. The van der Waals surface area contributed by atoms with Gasteiger partial charge in [-0.1, -0.05) is 5.16 Å². The molecule has 0 saturated carbocycles. The van der Waals surface area contributed by atoms with Crippen LogP contribution in [0.1, 0.15) is 29.1 Å². The Bertz CT molecular complexity index is 530. The topological polar surface area (TPSA) is 64.1 Å². The van der Waals surface area contributed by atoms with Gasteiger partial charge in [0.2, 0.25) is 0 Å². The highest BCUT2D eigenvalue weighted by molar-refractivity contribution is 5.22. The second-order valence-electron chi connectivity index (χ2n) is 4.61. The van der Waals surface area contributed by atoms with Gasteiger partial charge in [-0.25, -0.2) is 0 Å². The van der Waals surface area contributed by atoms with Crippen LogP contribution in [0.25, 0.3) is 0 Å². The van der Waals surface area contributed by atoms with Crippen LogP contribution in [0.15, 0.2) is 16.8 Å². The van der Waals surface area contributed by atoms with E-state index in [0.29, 0.717) is 13.0 Å². The van der Waals surface area contributed by atoms with Gasteiger partial charge in [-0.2, -0.15) is 5.10 Å². The number of aliphatic hydroxyl groups excluding tert-OH is 1. The van der Waals surface area contributed by atoms with Crippen LogP contribution in [0.2, 0.25) is 0 Å². The second kappa shape index (κ2) is 4.00. The molecule has 5 nitrogen and oxygen atoms in total. The molecule has 90 valence electrons. The van der Waals surface area contributed by atoms with Gasteiger partial charge < -0.3 is 9.63 Å². The van der Waals surface area contributed by atoms with Crippen molar-refractivity contribution >= 4 is 0 Å². The number of rotatable bonds is 2. The number of hydrogen-bond donors (Lipinski definition) is 1. The van der Waals surface area contributed by atoms with E-state index in [2.05, 4.69) is 10.3 Å². The summed E-state index contributed by atoms with van der Waals surface area (Å²) in [5.74, 6) is 0.800. The molecule has 1 unspecified atom stereocenters. The summed E-state index contributed by atoms with van der Waals surface area (Å²) in [4.78, 5) is 0. The summed E-state index contributed by atoms with van der Waals surface area (Å²) in [7, 11) is 0. The summed E-state index contributed by atoms with van der Waals surface area (Å²) < 4.78 is 7.08. The van der Waals surface area contributed by atoms with Crippen molar-refractivity contribution in [3.63, 3.8) is 0 Å². The summed E-state index contributed by atoms with van der Waals surface area (Å²) >= 11 is 0. The van der Waals surface area contributed by atoms with Gasteiger partial charge in [-0.05, 0) is 25.3 Å². The molecule has 17 heavy (non-hydrogen) atoms. The predicted molar refractivity (Wildman–Crippen MR) is 60.6 cm³/mol. The van der Waals surface area contributed by atoms with Crippen LogP contribution in [0.5, 0.6) is 0 Å². The number of aryl methyl sites for hydroxylation is 2. The maximum Gasteiger partial charge on any atom is 0.158 e. The standard InChI is InChI=1S/C12H15N3O2/c1-8-4-11(17-14-8)7-15-12-5-10(16)3-2-9(12)6-13-15/h4,6,10,16H,2-3,5,7H2,1H3. The van der Waals surface area contributed by atoms with Crippen LogP contribution < -0.4 is 0 Å². The fraction of sp³-hybridized carbons (Fsp3) is 0.500. The zero-order chi connectivity index (χ0) is 11.8. The number of hydrogen-bond acceptors (Lipinski definition) is 4. The van der Waals surface area contributed by atoms with Gasteiger partial charge in [0.05, 0.1) is 18.0 Å². The molecule has 1 aliphatic carbocycles. The fourth-order valence-corrected chi connectivity index (χ4v) is 2.32. The minimum atomic E-state index is -0.241. The van der Waals surface area contributed by atoms with Gasteiger partial charge >= 0.3 is 0 Å². The van der Waals surface area contributed by atoms with E-state index in [1.165, 1.54) is 5.56 Å². The first-order chi connectivity index (χ1) is 8.22. The zero-order valence-electron chi connectivity index (χ0n) is 9.76. The number of fused-ring (bicyclic) bond motifs is 1. The van der Waals surface area contributed by atoms with Crippen LogP contribution in [0.3, 0.4) is 0 Å². The lowest BCUT2D eigenvalue weighted by Crippen LogP contribution is -2.21. The summed E-state index contributed by atoms with van der Waals surface area (Å²) in [6.07, 6.45) is 4.08. The maximum absolute atomic E-state index is 9.69. The Morgan fingerprint density at radius 1 is 1.59 bits per heavy atom. The van der Waals surface area contributed by atoms with Gasteiger partial charge in [0.1, 0.15) is 6.54 Å². The van der Waals surface area contributed by atoms with Gasteiger partial charge in [-0.15, -0.1) is 0 Å². The Morgan fingerprint density at radius 2 is 2.47 bits per heavy atom. The molecule has 0 saturated heterocycles. The van der Waals surface area contributed by atoms with E-state index in [1.54, 1.807) is 0 Å². The maximum atomic E-state index is 9.69. The first-order valence-corrected chi connectivity index (χ1v) is 5.86. The van der Waals surface area contributed by atoms with Crippen molar-refractivity contribution in [1.29, 1.82) is 0 Å². The third-order valence-electron chi connectivity index (χ3n) is 3.19. The summed E-state index contributed by atoms with van der Waals surface area (Å²) in [5, 5.41) is 17.9. The Labute approximate surface area is 99.0 Å². The lowest BCUT2D eigenvalue weighted by molar-refractivity contribution is 0.155. The zero-order valence-corrected chi connectivity index (χ0v) is 9.76. The summed E-state index contributed by atoms with van der Waals surface area (Å²) in [5.41, 5.74) is 3.24. The Kier molecular flexibility index (Phi) is 2.48. The smallest absolute Gasteiger partial charge is 0.158 e. The van der Waals surface area contributed by atoms with Gasteiger partial charge in [0.15, 0.2) is 5.76 Å². The molecule has 0 fully saturated rings. The van der Waals surface area contributed by atoms with E-state index >= 15 is 0 Å². The lowest BCUT2D eigenvalue weighted by atomic mass is 9.96. The molecule has 2 aromatic heterocycles. The molecule has 3 rings (SSSR count). The monoisotopic (exact) mass is 233 g/mol. The van der Waals surface area contributed by atoms with E-state index in [-0.39, 0.29) is 6.10 Å². The minimum absolute atomic E-state index is 0.241. The average molecular weight is 233 g/mol. The molecule has 1 aliphatic rings. The second-order valence-corrected chi connectivity index (χ2v) is 4.61. The molecule has 1 atom stereocenters. The SMILES string of the molecule is Cc1cc(Cn2ncc3c2CC(O)CC3)on1. The molecule has 0 spiro atoms. The van der Waals surface area contributed by atoms with Crippen molar-refractivity contribution in [2.24, 2.45) is 0 Å². The first-order valence-electron chi connectivity index (χ1n) is 5.86. The van der Waals surface area contributed by atoms with Crippen LogP contribution in [0, 0.1) is 6.92 Å². The molecule has 2 heterocycles. The Balaban J connectivity index is 1.86. The molecular weight excluding hydrogens is 218 g/mol. The number of aliphatic hydroxyl groups is 1. The van der Waals surface area contributed by atoms with E-state index in [0.717, 1.165) is 30.0 Å². The average Bonchev–Trinajstić information content (AvgIpc) is 2.87. The van der Waals surface area contributed by atoms with E-state index in [4.69, 9.17) is 4.52 Å². The molecule has 1 N–H and O–H groups in total. The molecule has 0 aromatic carbocycles. The fourth-order valence-electron chi connectivity index (χ4n) is 2.32. The van der Waals surface area contributed by atoms with Crippen molar-refractivity contribution in [2.75, 3.05) is 0 Å². The van der Waals surface area contributed by atoms with Crippen LogP contribution in [0.4, 0.5) is 0 Å². The highest BCUT2D eigenvalue weighted by atomic mass is 16.5. The van der Waals surface area contributed by atoms with Crippen molar-refractivity contribution < 1.29 is 9.63 Å². The van der Waals surface area contributed by atoms with Crippen LogP contribution in [-0.2, 0) is 19.4 Å². The molecule has 0 aliphatic heterocycles. The summed E-state index contributed by atoms with van der Waals surface area (Å²) in [6.45, 7) is 2.48. The largest absolute Gasteiger partial charge is 0.393 e. The predicted octanol–water partition coefficient (Wildman–Crippen LogP) is 1.08. The van der Waals surface area contributed by atoms with Crippen molar-refractivity contribution in [3.8, 4) is 0 Å². The molecule has 5 heteroatoms. The Morgan fingerprint density at radius 3 is 3.24 bits per heavy atom. The molecular formula is C12H15N3O2. The summed E-state index contributed by atoms with van der Waals surface area (Å²) in [6, 6.07) is 1.91. The van der Waals surface area contributed by atoms with Gasteiger partial charge in [-0.3, -0.25) is 4.68 Å². The third-order valence-corrected chi connectivity index (χ3v) is 3.19. The van der Waals surface area contributed by atoms with E-state index in [1.807, 2.05) is 23.9 Å². The highest BCUT2D eigenvalue weighted by Crippen LogP contribution is 2.21. The normalized spacial score (nSPS) is 19.3. The Hall–Kier alpha value is -1.62. The molecule has 0 radical (unpaired) electrons. The van der Waals surface area contributed by atoms with Crippen molar-refractivity contribution in [2.45, 2.75) is 38.8 Å². The number of aromatic nitrogens is 3. The van der Waals surface area contributed by atoms with Crippen molar-refractivity contribution in [1.82, 2.24) is 14.9 Å². The van der Waals surface area contributed by atoms with Gasteiger partial charge in [0, 0.05) is 18.2 Å². The van der Waals surface area contributed by atoms with Crippen molar-refractivity contribution in [3.05, 3.63) is 35.0 Å². The van der Waals surface area contributed by atoms with Crippen LogP contribution in [-0.4, -0.2) is 26.1 Å². The lowest BCUT2D eigenvalue weighted by Gasteiger charge is -2.18. The van der Waals surface area contributed by atoms with E-state index < -0.39 is 0 Å². The quantitative estimate of drug-likeness (QED) is 0.843. The van der Waals surface area contributed by atoms with Gasteiger partial charge in [0.25, 0.3) is 0 Å². The van der Waals surface area contributed by atoms with Crippen LogP contribution >= 0.6 is 0 Å². The first kappa shape index (κ1) is 10.5. The molecule has 0 amide bonds.